The molecule has 0 aliphatic carbocycles. The molecule has 0 amide bonds. The Morgan fingerprint density at radius 3 is 2.60 bits per heavy atom. The zero-order chi connectivity index (χ0) is 17.4. The van der Waals surface area contributed by atoms with E-state index in [-0.39, 0.29) is 0 Å². The van der Waals surface area contributed by atoms with E-state index in [9.17, 15) is 0 Å². The third-order valence-corrected chi connectivity index (χ3v) is 4.82. The Morgan fingerprint density at radius 2 is 1.88 bits per heavy atom. The summed E-state index contributed by atoms with van der Waals surface area (Å²) in [7, 11) is 0. The first-order chi connectivity index (χ1) is 12.2. The highest BCUT2D eigenvalue weighted by atomic mass is 32.1. The first kappa shape index (κ1) is 15.8. The largest absolute Gasteiger partial charge is 0.339 e. The zero-order valence-corrected chi connectivity index (χ0v) is 15.1. The Kier molecular flexibility index (Phi) is 3.98. The molecule has 3 nitrogen and oxygen atoms in total. The second-order valence-corrected chi connectivity index (χ2v) is 6.63. The van der Waals surface area contributed by atoms with Crippen molar-refractivity contribution in [3.05, 3.63) is 76.8 Å². The topological polar surface area (TPSA) is 33.1 Å². The molecule has 2 aromatic heterocycles. The van der Waals surface area contributed by atoms with Crippen LogP contribution in [0.25, 0.3) is 28.0 Å². The van der Waals surface area contributed by atoms with Gasteiger partial charge in [0.15, 0.2) is 0 Å². The normalized spacial score (nSPS) is 11.1. The molecule has 0 aliphatic heterocycles. The van der Waals surface area contributed by atoms with E-state index in [4.69, 9.17) is 12.2 Å². The number of rotatable bonds is 3. The van der Waals surface area contributed by atoms with Crippen LogP contribution in [0.1, 0.15) is 18.1 Å². The Balaban J connectivity index is 1.91. The van der Waals surface area contributed by atoms with Gasteiger partial charge in [0, 0.05) is 18.0 Å². The van der Waals surface area contributed by atoms with E-state index < -0.39 is 0 Å². The fourth-order valence-corrected chi connectivity index (χ4v) is 3.29. The van der Waals surface area contributed by atoms with Crippen molar-refractivity contribution in [3.63, 3.8) is 0 Å². The molecule has 0 spiro atoms. The van der Waals surface area contributed by atoms with Crippen molar-refractivity contribution in [1.82, 2.24) is 14.4 Å². The molecule has 0 radical (unpaired) electrons. The molecule has 0 fully saturated rings. The van der Waals surface area contributed by atoms with Crippen LogP contribution in [0.5, 0.6) is 0 Å². The predicted octanol–water partition coefficient (Wildman–Crippen LogP) is 5.60. The smallest absolute Gasteiger partial charge is 0.205 e. The van der Waals surface area contributed by atoms with E-state index in [2.05, 4.69) is 72.3 Å². The fraction of sp³-hybridized carbons (Fsp3) is 0.143. The zero-order valence-electron chi connectivity index (χ0n) is 14.3. The molecule has 0 saturated carbocycles. The third-order valence-electron chi connectivity index (χ3n) is 4.52. The van der Waals surface area contributed by atoms with Gasteiger partial charge in [-0.1, -0.05) is 61.0 Å². The molecule has 4 rings (SSSR count). The lowest BCUT2D eigenvalue weighted by Gasteiger charge is -2.05. The summed E-state index contributed by atoms with van der Waals surface area (Å²) in [5, 5.41) is 0. The van der Waals surface area contributed by atoms with Crippen LogP contribution in [0.4, 0.5) is 0 Å². The van der Waals surface area contributed by atoms with Gasteiger partial charge in [0.05, 0.1) is 5.69 Å². The average Bonchev–Trinajstić information content (AvgIpc) is 3.08. The molecule has 2 heterocycles. The number of aromatic nitrogens is 3. The van der Waals surface area contributed by atoms with Gasteiger partial charge in [0.2, 0.25) is 4.77 Å². The van der Waals surface area contributed by atoms with Crippen LogP contribution in [0, 0.1) is 11.7 Å². The number of H-pyrrole nitrogens is 1. The Hall–Kier alpha value is -2.72. The van der Waals surface area contributed by atoms with Crippen molar-refractivity contribution in [2.75, 3.05) is 0 Å². The Bertz CT molecular complexity index is 1100. The monoisotopic (exact) mass is 345 g/mol. The van der Waals surface area contributed by atoms with Gasteiger partial charge in [-0.2, -0.15) is 0 Å². The highest BCUT2D eigenvalue weighted by molar-refractivity contribution is 7.71. The number of aromatic amines is 1. The number of imidazole rings is 1. The van der Waals surface area contributed by atoms with Crippen LogP contribution in [-0.2, 0) is 6.42 Å². The summed E-state index contributed by atoms with van der Waals surface area (Å²) in [6.07, 6.45) is 4.93. The second-order valence-electron chi connectivity index (χ2n) is 6.26. The maximum Gasteiger partial charge on any atom is 0.205 e. The van der Waals surface area contributed by atoms with Crippen LogP contribution in [0.2, 0.25) is 0 Å². The van der Waals surface area contributed by atoms with E-state index in [1.807, 2.05) is 16.8 Å². The average molecular weight is 345 g/mol. The van der Waals surface area contributed by atoms with Crippen LogP contribution in [0.3, 0.4) is 0 Å². The maximum atomic E-state index is 5.42. The lowest BCUT2D eigenvalue weighted by Crippen LogP contribution is -1.92. The van der Waals surface area contributed by atoms with Crippen LogP contribution in [-0.4, -0.2) is 14.4 Å². The molecule has 25 heavy (non-hydrogen) atoms. The predicted molar refractivity (Wildman–Crippen MR) is 105 cm³/mol. The molecule has 0 bridgehead atoms. The minimum Gasteiger partial charge on any atom is -0.339 e. The summed E-state index contributed by atoms with van der Waals surface area (Å²) < 4.78 is 2.51. The summed E-state index contributed by atoms with van der Waals surface area (Å²) in [5.41, 5.74) is 7.89. The highest BCUT2D eigenvalue weighted by Crippen LogP contribution is 2.27. The molecule has 4 heteroatoms. The van der Waals surface area contributed by atoms with Crippen molar-refractivity contribution in [2.24, 2.45) is 0 Å². The SMILES string of the molecule is CCc1ccc(-c2cn3c(=S)ncc(-c4cccc(C)c4)c3[nH]2)cc1. The van der Waals surface area contributed by atoms with Crippen molar-refractivity contribution in [1.29, 1.82) is 0 Å². The van der Waals surface area contributed by atoms with Gasteiger partial charge in [-0.05, 0) is 42.3 Å². The van der Waals surface area contributed by atoms with Gasteiger partial charge >= 0.3 is 0 Å². The highest BCUT2D eigenvalue weighted by Gasteiger charge is 2.10. The number of benzene rings is 2. The molecule has 0 atom stereocenters. The van der Waals surface area contributed by atoms with Gasteiger partial charge < -0.3 is 4.98 Å². The molecule has 2 aromatic carbocycles. The van der Waals surface area contributed by atoms with Crippen molar-refractivity contribution >= 4 is 17.9 Å². The van der Waals surface area contributed by atoms with E-state index in [1.54, 1.807) is 0 Å². The summed E-state index contributed by atoms with van der Waals surface area (Å²) in [4.78, 5) is 7.94. The van der Waals surface area contributed by atoms with E-state index in [0.717, 1.165) is 34.5 Å². The first-order valence-electron chi connectivity index (χ1n) is 8.42. The van der Waals surface area contributed by atoms with E-state index in [0.29, 0.717) is 4.77 Å². The summed E-state index contributed by atoms with van der Waals surface area (Å²) in [6, 6.07) is 17.0. The molecular weight excluding hydrogens is 326 g/mol. The van der Waals surface area contributed by atoms with E-state index in [1.165, 1.54) is 11.1 Å². The second kappa shape index (κ2) is 6.30. The lowest BCUT2D eigenvalue weighted by atomic mass is 10.1. The molecular formula is C21H19N3S. The maximum absolute atomic E-state index is 5.42. The number of hydrogen-bond donors (Lipinski definition) is 1. The molecule has 4 aromatic rings. The number of aryl methyl sites for hydroxylation is 2. The Morgan fingerprint density at radius 1 is 1.08 bits per heavy atom. The molecule has 0 saturated heterocycles. The lowest BCUT2D eigenvalue weighted by molar-refractivity contribution is 1.06. The third kappa shape index (κ3) is 2.89. The molecule has 1 N–H and O–H groups in total. The first-order valence-corrected chi connectivity index (χ1v) is 8.83. The summed E-state index contributed by atoms with van der Waals surface area (Å²) in [5.74, 6) is 0. The quantitative estimate of drug-likeness (QED) is 0.491. The summed E-state index contributed by atoms with van der Waals surface area (Å²) >= 11 is 5.42. The molecule has 0 unspecified atom stereocenters. The van der Waals surface area contributed by atoms with Gasteiger partial charge in [-0.3, -0.25) is 4.40 Å². The molecule has 0 aliphatic rings. The number of nitrogens with one attached hydrogen (secondary N) is 1. The van der Waals surface area contributed by atoms with E-state index >= 15 is 0 Å². The van der Waals surface area contributed by atoms with Crippen LogP contribution < -0.4 is 0 Å². The number of nitrogens with zero attached hydrogens (tertiary/aromatic N) is 2. The minimum atomic E-state index is 0.555. The van der Waals surface area contributed by atoms with Gasteiger partial charge in [-0.15, -0.1) is 0 Å². The minimum absolute atomic E-state index is 0.555. The van der Waals surface area contributed by atoms with Crippen LogP contribution in [0.15, 0.2) is 60.9 Å². The van der Waals surface area contributed by atoms with Crippen molar-refractivity contribution in [2.45, 2.75) is 20.3 Å². The van der Waals surface area contributed by atoms with Gasteiger partial charge in [0.1, 0.15) is 5.65 Å². The number of fused-ring (bicyclic) bond motifs is 1. The van der Waals surface area contributed by atoms with Gasteiger partial charge in [0.25, 0.3) is 0 Å². The molecule has 124 valence electrons. The fourth-order valence-electron chi connectivity index (χ4n) is 3.10. The standard InChI is InChI=1S/C21H19N3S/c1-3-15-7-9-16(10-8-15)19-13-24-20(23-19)18(12-22-21(24)25)17-6-4-5-14(2)11-17/h4-13,23H,3H2,1-2H3. The van der Waals surface area contributed by atoms with Gasteiger partial charge in [-0.25, -0.2) is 4.98 Å². The number of hydrogen-bond acceptors (Lipinski definition) is 2. The van der Waals surface area contributed by atoms with Crippen LogP contribution >= 0.6 is 12.2 Å². The van der Waals surface area contributed by atoms with Crippen molar-refractivity contribution in [3.8, 4) is 22.4 Å². The Labute approximate surface area is 152 Å². The summed E-state index contributed by atoms with van der Waals surface area (Å²) in [6.45, 7) is 4.26. The van der Waals surface area contributed by atoms with Crippen molar-refractivity contribution < 1.29 is 0 Å².